The van der Waals surface area contributed by atoms with Crippen molar-refractivity contribution in [1.82, 2.24) is 51.2 Å². The fraction of sp³-hybridized carbons (Fsp3) is 0.298. The minimum absolute atomic E-state index is 0.0254. The van der Waals surface area contributed by atoms with Crippen molar-refractivity contribution in [2.45, 2.75) is 56.5 Å². The van der Waals surface area contributed by atoms with Gasteiger partial charge in [-0.1, -0.05) is 41.7 Å². The molecule has 0 fully saturated rings. The van der Waals surface area contributed by atoms with Crippen LogP contribution in [0, 0.1) is 0 Å². The van der Waals surface area contributed by atoms with Gasteiger partial charge in [0, 0.05) is 59.6 Å². The van der Waals surface area contributed by atoms with Crippen LogP contribution in [0.1, 0.15) is 74.3 Å². The second-order valence-corrected chi connectivity index (χ2v) is 24.3. The number of carbonyl (C=O) groups excluding carboxylic acids is 6. The number of aliphatic hydroxyl groups is 1. The molecule has 0 aliphatic carbocycles. The highest BCUT2D eigenvalue weighted by Crippen LogP contribution is 2.40. The predicted octanol–water partition coefficient (Wildman–Crippen LogP) is 5.32. The van der Waals surface area contributed by atoms with Crippen LogP contribution in [0.15, 0.2) is 69.0 Å². The summed E-state index contributed by atoms with van der Waals surface area (Å²) in [7, 11) is -1.24. The van der Waals surface area contributed by atoms with Crippen LogP contribution in [0.5, 0.6) is 0 Å². The number of aliphatic hydroxyl groups excluding tert-OH is 1. The van der Waals surface area contributed by atoms with Crippen molar-refractivity contribution in [1.29, 1.82) is 0 Å². The van der Waals surface area contributed by atoms with Crippen molar-refractivity contribution in [2.24, 2.45) is 4.99 Å². The Morgan fingerprint density at radius 3 is 2.33 bits per heavy atom. The number of aromatic nitrogens is 6. The van der Waals surface area contributed by atoms with Crippen LogP contribution in [0.25, 0.3) is 43.4 Å². The van der Waals surface area contributed by atoms with E-state index in [4.69, 9.17) is 40.2 Å². The monoisotopic (exact) mass is 1190 g/mol. The van der Waals surface area contributed by atoms with Gasteiger partial charge in [-0.3, -0.25) is 33.5 Å². The molecule has 7 heterocycles. The molecule has 0 bridgehead atoms. The summed E-state index contributed by atoms with van der Waals surface area (Å²) in [5.41, 5.74) is 8.44. The molecule has 1 aliphatic rings. The fourth-order valence-corrected chi connectivity index (χ4v) is 13.2. The van der Waals surface area contributed by atoms with E-state index in [2.05, 4.69) is 41.5 Å². The van der Waals surface area contributed by atoms with Crippen molar-refractivity contribution < 1.29 is 53.0 Å². The van der Waals surface area contributed by atoms with Gasteiger partial charge in [-0.2, -0.15) is 0 Å². The van der Waals surface area contributed by atoms with Gasteiger partial charge in [-0.25, -0.2) is 29.9 Å². The van der Waals surface area contributed by atoms with Crippen molar-refractivity contribution >= 4 is 128 Å². The summed E-state index contributed by atoms with van der Waals surface area (Å²) < 4.78 is 16.4. The van der Waals surface area contributed by atoms with Crippen LogP contribution < -0.4 is 32.3 Å². The summed E-state index contributed by atoms with van der Waals surface area (Å²) in [6.45, 7) is -0.371. The number of hydrogen-bond acceptors (Lipinski definition) is 23. The lowest BCUT2D eigenvalue weighted by atomic mass is 10.0. The Hall–Kier alpha value is -6.57. The van der Waals surface area contributed by atoms with Gasteiger partial charge in [0.25, 0.3) is 11.8 Å². The van der Waals surface area contributed by atoms with E-state index in [9.17, 15) is 38.4 Å². The number of benzene rings is 1. The first-order valence-electron chi connectivity index (χ1n) is 23.4. The zero-order valence-electron chi connectivity index (χ0n) is 41.1. The number of nitrogens with one attached hydrogen (secondary N) is 5. The quantitative estimate of drug-likeness (QED) is 0.0199. The molecule has 31 heteroatoms. The molecule has 0 radical (unpaired) electrons. The Bertz CT molecular complexity index is 3400. The number of thioether (sulfide) groups is 1. The minimum Gasteiger partial charge on any atom is -0.386 e. The number of nitrogen functional groups attached to an aromatic ring is 1. The second kappa shape index (κ2) is 26.4. The Kier molecular flexibility index (Phi) is 19.5. The van der Waals surface area contributed by atoms with Gasteiger partial charge < -0.3 is 56.7 Å². The summed E-state index contributed by atoms with van der Waals surface area (Å²) in [4.78, 5) is 128. The average Bonchev–Trinajstić information content (AvgIpc) is 4.34. The zero-order chi connectivity index (χ0) is 55.5. The maximum atomic E-state index is 13.8. The number of methoxy groups -OCH3 is 1. The first-order valence-corrected chi connectivity index (χ1v) is 30.5. The van der Waals surface area contributed by atoms with Gasteiger partial charge in [0.05, 0.1) is 41.2 Å². The first-order chi connectivity index (χ1) is 37.5. The molecule has 8 rings (SSSR count). The van der Waals surface area contributed by atoms with Gasteiger partial charge >= 0.3 is 7.60 Å². The molecule has 1 aliphatic heterocycles. The molecule has 6 aromatic heterocycles. The molecular formula is C47H48N13O11PS6. The number of rotatable bonds is 25. The SMILES string of the molecule is CNC(=O)C[C@H](NC(=O)c1csc(-c2ccc(-c3nc(NC(=O)CCCCP(=O)(O)O)cs3)nc2-c2csc(-c3csc([C@@H](NC(=O)CNC(=O)c4nc(N)sc4COC)[C@@H](O)c4ccccc4)n3)n2)n1)C1=NC(C=O)CS1. The maximum absolute atomic E-state index is 13.8. The lowest BCUT2D eigenvalue weighted by molar-refractivity contribution is -0.122. The van der Waals surface area contributed by atoms with Gasteiger partial charge in [0.2, 0.25) is 17.7 Å². The van der Waals surface area contributed by atoms with E-state index in [-0.39, 0.29) is 72.6 Å². The highest BCUT2D eigenvalue weighted by atomic mass is 32.2. The van der Waals surface area contributed by atoms with Crippen molar-refractivity contribution in [2.75, 3.05) is 43.7 Å². The van der Waals surface area contributed by atoms with E-state index in [1.165, 1.54) is 59.9 Å². The Balaban J connectivity index is 1.07. The highest BCUT2D eigenvalue weighted by molar-refractivity contribution is 8.14. The molecule has 7 aromatic rings. The number of ether oxygens (including phenoxy) is 1. The van der Waals surface area contributed by atoms with Gasteiger partial charge in [-0.15, -0.1) is 57.1 Å². The molecule has 24 nitrogen and oxygen atoms in total. The number of amides is 5. The molecule has 78 heavy (non-hydrogen) atoms. The second-order valence-electron chi connectivity index (χ2n) is 16.9. The third-order valence-corrected chi connectivity index (χ3v) is 17.7. The normalized spacial score (nSPS) is 14.5. The number of nitrogens with zero attached hydrogens (tertiary/aromatic N) is 7. The van der Waals surface area contributed by atoms with Gasteiger partial charge in [0.15, 0.2) is 5.13 Å². The number of unbranched alkanes of at least 4 members (excludes halogenated alkanes) is 1. The molecule has 0 spiro atoms. The molecule has 5 amide bonds. The van der Waals surface area contributed by atoms with Crippen LogP contribution >= 0.6 is 76.0 Å². The number of carbonyl (C=O) groups is 6. The standard InChI is InChI=1S/C47H48N13O11PS6/c1-49-34(63)14-27(44-51-24(16-61)18-73-44)53-40(66)29-20-74-42(55-29)25-11-12-26(43-58-32(22-77-43)57-33(62)10-6-7-13-72(68,69)70)52-36(25)28-19-75-45(54-28)30-21-76-46(56-30)38(39(65)23-8-4-3-5-9-23)59-35(64)15-50-41(67)37-31(17-71-2)78-47(48)60-37/h3-5,8-9,11-12,16,19-22,24,27,38-39,65H,6-7,10,13-15,17-18H2,1-2H3,(H2,48,60)(H,49,63)(H,50,67)(H,53,66)(H,57,62)(H,59,64)(H2,68,69,70)/t24?,27-,38-,39-/m0/s1. The topological polar surface area (TPSA) is 365 Å². The van der Waals surface area contributed by atoms with Gasteiger partial charge in [0.1, 0.15) is 78.8 Å². The summed E-state index contributed by atoms with van der Waals surface area (Å²) in [5.74, 6) is -1.93. The summed E-state index contributed by atoms with van der Waals surface area (Å²) >= 11 is 7.15. The molecule has 4 atom stereocenters. The number of aliphatic imine (C=N–C) groups is 1. The van der Waals surface area contributed by atoms with E-state index in [0.717, 1.165) is 22.7 Å². The van der Waals surface area contributed by atoms with E-state index >= 15 is 0 Å². The molecule has 0 saturated heterocycles. The number of pyridine rings is 1. The minimum atomic E-state index is -4.18. The number of thiazole rings is 5. The van der Waals surface area contributed by atoms with E-state index in [1.807, 2.05) is 0 Å². The Labute approximate surface area is 468 Å². The van der Waals surface area contributed by atoms with E-state index in [1.54, 1.807) is 64.0 Å². The lowest BCUT2D eigenvalue weighted by Gasteiger charge is -2.23. The number of hydrogen-bond donors (Lipinski definition) is 9. The van der Waals surface area contributed by atoms with E-state index < -0.39 is 56.1 Å². The van der Waals surface area contributed by atoms with Crippen LogP contribution in [0.2, 0.25) is 0 Å². The predicted molar refractivity (Wildman–Crippen MR) is 300 cm³/mol. The maximum Gasteiger partial charge on any atom is 0.325 e. The van der Waals surface area contributed by atoms with Crippen LogP contribution in [0.3, 0.4) is 0 Å². The van der Waals surface area contributed by atoms with Crippen molar-refractivity contribution in [3.63, 3.8) is 0 Å². The average molecular weight is 1190 g/mol. The van der Waals surface area contributed by atoms with Crippen LogP contribution in [-0.4, -0.2) is 130 Å². The molecule has 408 valence electrons. The highest BCUT2D eigenvalue weighted by Gasteiger charge is 2.31. The molecule has 1 aromatic carbocycles. The molecule has 10 N–H and O–H groups in total. The molecule has 1 unspecified atom stereocenters. The zero-order valence-corrected chi connectivity index (χ0v) is 46.9. The fourth-order valence-electron chi connectivity index (χ4n) is 7.49. The van der Waals surface area contributed by atoms with Crippen molar-refractivity contribution in [3.8, 4) is 43.4 Å². The largest absolute Gasteiger partial charge is 0.386 e. The van der Waals surface area contributed by atoms with Crippen molar-refractivity contribution in [3.05, 3.63) is 90.8 Å². The smallest absolute Gasteiger partial charge is 0.325 e. The molecule has 0 saturated carbocycles. The third-order valence-electron chi connectivity index (χ3n) is 11.2. The molecular weight excluding hydrogens is 1150 g/mol. The Morgan fingerprint density at radius 2 is 1.59 bits per heavy atom. The van der Waals surface area contributed by atoms with Gasteiger partial charge in [-0.05, 0) is 30.5 Å². The first kappa shape index (κ1) is 57.6. The Morgan fingerprint density at radius 1 is 0.833 bits per heavy atom. The van der Waals surface area contributed by atoms with Crippen LogP contribution in [0.4, 0.5) is 10.9 Å². The number of nitrogens with two attached hydrogens (primary N) is 1. The van der Waals surface area contributed by atoms with E-state index in [0.29, 0.717) is 75.9 Å². The number of aldehydes is 1. The summed E-state index contributed by atoms with van der Waals surface area (Å²) in [6.07, 6.45) is -0.539. The summed E-state index contributed by atoms with van der Waals surface area (Å²) in [6, 6.07) is 9.66. The third kappa shape index (κ3) is 15.0. The number of anilines is 2. The lowest BCUT2D eigenvalue weighted by Crippen LogP contribution is -2.42. The summed E-state index contributed by atoms with van der Waals surface area (Å²) in [5, 5.41) is 34.1. The van der Waals surface area contributed by atoms with Crippen LogP contribution in [-0.2, 0) is 35.1 Å².